The van der Waals surface area contributed by atoms with Gasteiger partial charge in [0.2, 0.25) is 0 Å². The molecule has 1 unspecified atom stereocenters. The Labute approximate surface area is 490 Å². The van der Waals surface area contributed by atoms with Gasteiger partial charge < -0.3 is 14.6 Å². The predicted molar refractivity (Wildman–Crippen MR) is 344 cm³/mol. The summed E-state index contributed by atoms with van der Waals surface area (Å²) in [7, 11) is 0. The molecule has 0 aliphatic heterocycles. The lowest BCUT2D eigenvalue weighted by Crippen LogP contribution is -2.28. The average molecular weight is 1100 g/mol. The van der Waals surface area contributed by atoms with E-state index < -0.39 is 6.10 Å². The van der Waals surface area contributed by atoms with Gasteiger partial charge in [0.25, 0.3) is 0 Å². The van der Waals surface area contributed by atoms with Gasteiger partial charge in [0, 0.05) is 12.8 Å². The molecule has 5 heteroatoms. The molecule has 0 aromatic heterocycles. The highest BCUT2D eigenvalue weighted by Crippen LogP contribution is 2.20. The zero-order chi connectivity index (χ0) is 56.2. The second kappa shape index (κ2) is 70.2. The van der Waals surface area contributed by atoms with Crippen molar-refractivity contribution in [2.75, 3.05) is 13.2 Å². The first-order chi connectivity index (χ1) is 38.6. The summed E-state index contributed by atoms with van der Waals surface area (Å²) in [5.41, 5.74) is 0. The minimum absolute atomic E-state index is 0.0552. The van der Waals surface area contributed by atoms with E-state index in [2.05, 4.69) is 13.8 Å². The molecule has 0 aliphatic carbocycles. The van der Waals surface area contributed by atoms with Crippen molar-refractivity contribution >= 4 is 11.9 Å². The fourth-order valence-corrected chi connectivity index (χ4v) is 11.9. The molecule has 0 spiro atoms. The lowest BCUT2D eigenvalue weighted by Gasteiger charge is -2.15. The quantitative estimate of drug-likeness (QED) is 0.0485. The van der Waals surface area contributed by atoms with Crippen LogP contribution in [0, 0.1) is 0 Å². The maximum Gasteiger partial charge on any atom is 0.306 e. The molecule has 1 N–H and O–H groups in total. The van der Waals surface area contributed by atoms with Gasteiger partial charge in [0.15, 0.2) is 6.10 Å². The van der Waals surface area contributed by atoms with Gasteiger partial charge in [-0.05, 0) is 12.8 Å². The first kappa shape index (κ1) is 76.9. The summed E-state index contributed by atoms with van der Waals surface area (Å²) in [6.07, 6.45) is 88.8. The number of hydrogen-bond donors (Lipinski definition) is 1. The number of hydrogen-bond acceptors (Lipinski definition) is 5. The Morgan fingerprint density at radius 1 is 0.244 bits per heavy atom. The van der Waals surface area contributed by atoms with E-state index >= 15 is 0 Å². The fourth-order valence-electron chi connectivity index (χ4n) is 11.9. The van der Waals surface area contributed by atoms with Crippen LogP contribution in [0.1, 0.15) is 438 Å². The molecule has 466 valence electrons. The average Bonchev–Trinajstić information content (AvgIpc) is 3.44. The maximum atomic E-state index is 12.4. The standard InChI is InChI=1S/C73H144O5/c1-3-5-7-9-11-13-15-17-19-21-23-25-27-29-31-33-34-35-36-37-38-40-42-44-46-48-50-52-54-56-58-60-62-64-66-68-73(76)78-71(69-74)70-77-72(75)67-65-63-61-59-57-55-53-51-49-47-45-43-41-39-32-30-28-26-24-22-20-18-16-14-12-10-8-6-4-2/h71,74H,3-70H2,1-2H3. The van der Waals surface area contributed by atoms with E-state index in [-0.39, 0.29) is 25.2 Å². The Morgan fingerprint density at radius 2 is 0.397 bits per heavy atom. The van der Waals surface area contributed by atoms with Crippen LogP contribution in [0.4, 0.5) is 0 Å². The molecule has 1 atom stereocenters. The normalized spacial score (nSPS) is 12.0. The van der Waals surface area contributed by atoms with Gasteiger partial charge in [0.1, 0.15) is 6.61 Å². The molecule has 0 amide bonds. The van der Waals surface area contributed by atoms with Crippen molar-refractivity contribution in [1.29, 1.82) is 0 Å². The monoisotopic (exact) mass is 1100 g/mol. The number of aliphatic hydroxyl groups is 1. The molecule has 0 heterocycles. The zero-order valence-electron chi connectivity index (χ0n) is 53.7. The molecule has 78 heavy (non-hydrogen) atoms. The summed E-state index contributed by atoms with van der Waals surface area (Å²) in [4.78, 5) is 24.7. The lowest BCUT2D eigenvalue weighted by molar-refractivity contribution is -0.161. The topological polar surface area (TPSA) is 72.8 Å². The Morgan fingerprint density at radius 3 is 0.564 bits per heavy atom. The molecule has 0 radical (unpaired) electrons. The Kier molecular flexibility index (Phi) is 69.2. The first-order valence-electron chi connectivity index (χ1n) is 36.6. The summed E-state index contributed by atoms with van der Waals surface area (Å²) in [6.45, 7) is 4.23. The van der Waals surface area contributed by atoms with Crippen LogP contribution in [0.5, 0.6) is 0 Å². The summed E-state index contributed by atoms with van der Waals surface area (Å²) in [5.74, 6) is -0.557. The Hall–Kier alpha value is -1.10. The largest absolute Gasteiger partial charge is 0.462 e. The van der Waals surface area contributed by atoms with Crippen LogP contribution in [-0.4, -0.2) is 36.4 Å². The van der Waals surface area contributed by atoms with E-state index in [0.717, 1.165) is 32.1 Å². The molecule has 0 rings (SSSR count). The van der Waals surface area contributed by atoms with E-state index in [0.29, 0.717) is 12.8 Å². The predicted octanol–water partition coefficient (Wildman–Crippen LogP) is 25.2. The zero-order valence-corrected chi connectivity index (χ0v) is 53.7. The minimum Gasteiger partial charge on any atom is -0.462 e. The molecule has 0 aromatic carbocycles. The second-order valence-corrected chi connectivity index (χ2v) is 25.4. The lowest BCUT2D eigenvalue weighted by atomic mass is 10.0. The van der Waals surface area contributed by atoms with Crippen LogP contribution in [0.2, 0.25) is 0 Å². The van der Waals surface area contributed by atoms with Crippen LogP contribution < -0.4 is 0 Å². The van der Waals surface area contributed by atoms with E-state index in [4.69, 9.17) is 9.47 Å². The van der Waals surface area contributed by atoms with Crippen LogP contribution in [-0.2, 0) is 19.1 Å². The first-order valence-corrected chi connectivity index (χ1v) is 36.6. The van der Waals surface area contributed by atoms with Crippen LogP contribution in [0.15, 0.2) is 0 Å². The number of ether oxygens (including phenoxy) is 2. The van der Waals surface area contributed by atoms with Crippen molar-refractivity contribution in [3.05, 3.63) is 0 Å². The summed E-state index contributed by atoms with van der Waals surface area (Å²) >= 11 is 0. The van der Waals surface area contributed by atoms with E-state index in [1.807, 2.05) is 0 Å². The Bertz CT molecular complexity index is 1110. The molecular formula is C73H144O5. The summed E-state index contributed by atoms with van der Waals surface area (Å²) in [5, 5.41) is 9.71. The third-order valence-corrected chi connectivity index (χ3v) is 17.4. The van der Waals surface area contributed by atoms with E-state index in [1.54, 1.807) is 0 Å². The van der Waals surface area contributed by atoms with Crippen LogP contribution >= 0.6 is 0 Å². The maximum absolute atomic E-state index is 12.4. The smallest absolute Gasteiger partial charge is 0.306 e. The third kappa shape index (κ3) is 67.4. The number of carbonyl (C=O) groups excluding carboxylic acids is 2. The van der Waals surface area contributed by atoms with Crippen molar-refractivity contribution in [2.24, 2.45) is 0 Å². The van der Waals surface area contributed by atoms with Gasteiger partial charge in [-0.1, -0.05) is 412 Å². The van der Waals surface area contributed by atoms with Crippen molar-refractivity contribution in [3.63, 3.8) is 0 Å². The van der Waals surface area contributed by atoms with Crippen LogP contribution in [0.3, 0.4) is 0 Å². The molecule has 0 aliphatic rings. The van der Waals surface area contributed by atoms with E-state index in [1.165, 1.54) is 379 Å². The molecule has 0 saturated heterocycles. The highest BCUT2D eigenvalue weighted by Gasteiger charge is 2.16. The van der Waals surface area contributed by atoms with Gasteiger partial charge in [-0.3, -0.25) is 9.59 Å². The van der Waals surface area contributed by atoms with Crippen molar-refractivity contribution in [2.45, 2.75) is 444 Å². The van der Waals surface area contributed by atoms with Gasteiger partial charge in [-0.15, -0.1) is 0 Å². The van der Waals surface area contributed by atoms with Gasteiger partial charge in [-0.2, -0.15) is 0 Å². The number of rotatable bonds is 70. The Balaban J connectivity index is 3.34. The molecule has 0 saturated carbocycles. The minimum atomic E-state index is -0.766. The van der Waals surface area contributed by atoms with Crippen molar-refractivity contribution in [3.8, 4) is 0 Å². The second-order valence-electron chi connectivity index (χ2n) is 25.4. The van der Waals surface area contributed by atoms with Crippen LogP contribution in [0.25, 0.3) is 0 Å². The highest BCUT2D eigenvalue weighted by atomic mass is 16.6. The van der Waals surface area contributed by atoms with E-state index in [9.17, 15) is 14.7 Å². The third-order valence-electron chi connectivity index (χ3n) is 17.4. The fraction of sp³-hybridized carbons (Fsp3) is 0.973. The summed E-state index contributed by atoms with van der Waals surface area (Å²) in [6, 6.07) is 0. The SMILES string of the molecule is CCCCCCCCCCCCCCCCCCCCCCCCCCCCCCCCCCCCCC(=O)OC(CO)COC(=O)CCCCCCCCCCCCCCCCCCCCCCCCCCCCCCC. The molecular weight excluding hydrogens is 957 g/mol. The number of carbonyl (C=O) groups is 2. The van der Waals surface area contributed by atoms with Gasteiger partial charge in [-0.25, -0.2) is 0 Å². The van der Waals surface area contributed by atoms with Crippen molar-refractivity contribution < 1.29 is 24.2 Å². The number of unbranched alkanes of at least 4 members (excludes halogenated alkanes) is 62. The summed E-state index contributed by atoms with van der Waals surface area (Å²) < 4.78 is 10.8. The molecule has 0 fully saturated rings. The van der Waals surface area contributed by atoms with Gasteiger partial charge >= 0.3 is 11.9 Å². The molecule has 0 bridgehead atoms. The highest BCUT2D eigenvalue weighted by molar-refractivity contribution is 5.70. The van der Waals surface area contributed by atoms with Gasteiger partial charge in [0.05, 0.1) is 6.61 Å². The molecule has 0 aromatic rings. The van der Waals surface area contributed by atoms with Crippen molar-refractivity contribution in [1.82, 2.24) is 0 Å². The number of aliphatic hydroxyl groups excluding tert-OH is 1. The molecule has 5 nitrogen and oxygen atoms in total. The number of esters is 2.